The third-order valence-corrected chi connectivity index (χ3v) is 4.42. The van der Waals surface area contributed by atoms with E-state index in [9.17, 15) is 9.90 Å². The summed E-state index contributed by atoms with van der Waals surface area (Å²) in [6.45, 7) is 1.17. The van der Waals surface area contributed by atoms with E-state index in [0.717, 1.165) is 22.4 Å². The summed E-state index contributed by atoms with van der Waals surface area (Å²) in [6.07, 6.45) is 3.31. The van der Waals surface area contributed by atoms with E-state index in [4.69, 9.17) is 4.74 Å². The van der Waals surface area contributed by atoms with Gasteiger partial charge in [-0.2, -0.15) is 0 Å². The molecule has 0 aliphatic heterocycles. The maximum atomic E-state index is 12.6. The highest BCUT2D eigenvalue weighted by Crippen LogP contribution is 2.16. The molecule has 0 aliphatic carbocycles. The monoisotopic (exact) mass is 387 g/mol. The van der Waals surface area contributed by atoms with Crippen LogP contribution in [0.3, 0.4) is 0 Å². The minimum Gasteiger partial charge on any atom is -0.489 e. The van der Waals surface area contributed by atoms with Crippen LogP contribution in [0.25, 0.3) is 6.08 Å². The van der Waals surface area contributed by atoms with Gasteiger partial charge in [-0.15, -0.1) is 0 Å². The second-order valence-corrected chi connectivity index (χ2v) is 6.65. The Balaban J connectivity index is 1.62. The Hall–Kier alpha value is -3.37. The molecule has 0 heterocycles. The van der Waals surface area contributed by atoms with Crippen molar-refractivity contribution in [3.63, 3.8) is 0 Å². The molecule has 0 unspecified atom stereocenters. The lowest BCUT2D eigenvalue weighted by Crippen LogP contribution is -2.31. The first-order valence-electron chi connectivity index (χ1n) is 9.63. The predicted molar refractivity (Wildman–Crippen MR) is 115 cm³/mol. The summed E-state index contributed by atoms with van der Waals surface area (Å²) in [4.78, 5) is 14.2. The average molecular weight is 387 g/mol. The molecule has 3 aromatic rings. The number of benzene rings is 3. The summed E-state index contributed by atoms with van der Waals surface area (Å²) in [7, 11) is 0. The topological polar surface area (TPSA) is 49.8 Å². The highest BCUT2D eigenvalue weighted by molar-refractivity contribution is 5.91. The van der Waals surface area contributed by atoms with Crippen LogP contribution in [0.5, 0.6) is 5.75 Å². The highest BCUT2D eigenvalue weighted by atomic mass is 16.5. The van der Waals surface area contributed by atoms with E-state index in [-0.39, 0.29) is 19.1 Å². The van der Waals surface area contributed by atoms with E-state index in [1.807, 2.05) is 84.9 Å². The van der Waals surface area contributed by atoms with Crippen LogP contribution in [-0.4, -0.2) is 29.1 Å². The lowest BCUT2D eigenvalue weighted by molar-refractivity contribution is -0.127. The first-order chi connectivity index (χ1) is 14.2. The third-order valence-electron chi connectivity index (χ3n) is 4.42. The molecule has 4 heteroatoms. The Morgan fingerprint density at radius 3 is 2.28 bits per heavy atom. The van der Waals surface area contributed by atoms with Gasteiger partial charge < -0.3 is 14.7 Å². The van der Waals surface area contributed by atoms with Crippen LogP contribution in [0.15, 0.2) is 91.0 Å². The Bertz CT molecular complexity index is 923. The minimum atomic E-state index is -0.140. The maximum absolute atomic E-state index is 12.6. The number of ether oxygens (including phenoxy) is 1. The first kappa shape index (κ1) is 20.4. The largest absolute Gasteiger partial charge is 0.489 e. The maximum Gasteiger partial charge on any atom is 0.246 e. The van der Waals surface area contributed by atoms with E-state index < -0.39 is 0 Å². The van der Waals surface area contributed by atoms with Crippen LogP contribution in [0, 0.1) is 0 Å². The average Bonchev–Trinajstić information content (AvgIpc) is 2.77. The molecular weight excluding hydrogens is 362 g/mol. The van der Waals surface area contributed by atoms with Crippen molar-refractivity contribution >= 4 is 12.0 Å². The molecule has 0 saturated heterocycles. The van der Waals surface area contributed by atoms with Crippen molar-refractivity contribution in [3.8, 4) is 5.75 Å². The van der Waals surface area contributed by atoms with Crippen molar-refractivity contribution in [3.05, 3.63) is 108 Å². The van der Waals surface area contributed by atoms with Crippen LogP contribution >= 0.6 is 0 Å². The lowest BCUT2D eigenvalue weighted by atomic mass is 10.2. The number of hydrogen-bond donors (Lipinski definition) is 1. The predicted octanol–water partition coefficient (Wildman–Crippen LogP) is 4.30. The Morgan fingerprint density at radius 1 is 0.897 bits per heavy atom. The van der Waals surface area contributed by atoms with E-state index in [0.29, 0.717) is 13.2 Å². The zero-order valence-corrected chi connectivity index (χ0v) is 16.3. The zero-order valence-electron chi connectivity index (χ0n) is 16.3. The molecule has 0 fully saturated rings. The van der Waals surface area contributed by atoms with Crippen molar-refractivity contribution in [2.45, 2.75) is 13.2 Å². The van der Waals surface area contributed by atoms with Crippen molar-refractivity contribution in [2.75, 3.05) is 13.2 Å². The summed E-state index contributed by atoms with van der Waals surface area (Å²) < 4.78 is 5.84. The van der Waals surface area contributed by atoms with Gasteiger partial charge in [-0.3, -0.25) is 4.79 Å². The molecule has 3 aromatic carbocycles. The van der Waals surface area contributed by atoms with E-state index in [2.05, 4.69) is 0 Å². The molecule has 0 aromatic heterocycles. The quantitative estimate of drug-likeness (QED) is 0.557. The minimum absolute atomic E-state index is 0.0742. The number of amides is 1. The summed E-state index contributed by atoms with van der Waals surface area (Å²) in [6, 6.07) is 27.4. The zero-order chi connectivity index (χ0) is 20.3. The summed E-state index contributed by atoms with van der Waals surface area (Å²) in [5, 5.41) is 9.30. The van der Waals surface area contributed by atoms with Crippen molar-refractivity contribution in [2.24, 2.45) is 0 Å². The third kappa shape index (κ3) is 6.63. The first-order valence-corrected chi connectivity index (χ1v) is 9.63. The summed E-state index contributed by atoms with van der Waals surface area (Å²) in [5.74, 6) is 0.610. The summed E-state index contributed by atoms with van der Waals surface area (Å²) >= 11 is 0. The van der Waals surface area contributed by atoms with Gasteiger partial charge in [0.2, 0.25) is 5.91 Å². The normalized spacial score (nSPS) is 10.8. The molecule has 0 spiro atoms. The van der Waals surface area contributed by atoms with Gasteiger partial charge in [-0.05, 0) is 34.9 Å². The van der Waals surface area contributed by atoms with Crippen LogP contribution < -0.4 is 4.74 Å². The molecule has 148 valence electrons. The van der Waals surface area contributed by atoms with Gasteiger partial charge in [0.25, 0.3) is 0 Å². The van der Waals surface area contributed by atoms with Crippen LogP contribution in [0.2, 0.25) is 0 Å². The van der Waals surface area contributed by atoms with Crippen LogP contribution in [0.4, 0.5) is 0 Å². The molecule has 0 radical (unpaired) electrons. The molecule has 0 aliphatic rings. The van der Waals surface area contributed by atoms with E-state index in [1.165, 1.54) is 6.08 Å². The Labute approximate surface area is 171 Å². The smallest absolute Gasteiger partial charge is 0.246 e. The molecule has 0 saturated carbocycles. The Kier molecular flexibility index (Phi) is 7.61. The van der Waals surface area contributed by atoms with Gasteiger partial charge >= 0.3 is 0 Å². The van der Waals surface area contributed by atoms with E-state index >= 15 is 0 Å². The molecule has 0 atom stereocenters. The second-order valence-electron chi connectivity index (χ2n) is 6.65. The molecule has 0 bridgehead atoms. The standard InChI is InChI=1S/C25H25NO3/c27-17-16-26(19-22-8-3-1-4-9-22)25(28)15-14-21-12-7-13-24(18-21)29-20-23-10-5-2-6-11-23/h1-15,18,27H,16-17,19-20H2/b15-14+. The number of nitrogens with zero attached hydrogens (tertiary/aromatic N) is 1. The SMILES string of the molecule is O=C(/C=C/c1cccc(OCc2ccccc2)c1)N(CCO)Cc1ccccc1. The number of aliphatic hydroxyl groups excluding tert-OH is 1. The molecule has 1 N–H and O–H groups in total. The van der Waals surface area contributed by atoms with Crippen molar-refractivity contribution < 1.29 is 14.6 Å². The van der Waals surface area contributed by atoms with E-state index in [1.54, 1.807) is 11.0 Å². The fourth-order valence-corrected chi connectivity index (χ4v) is 2.91. The number of carbonyl (C=O) groups excluding carboxylic acids is 1. The van der Waals surface area contributed by atoms with Gasteiger partial charge in [0.15, 0.2) is 0 Å². The molecule has 29 heavy (non-hydrogen) atoms. The van der Waals surface area contributed by atoms with Gasteiger partial charge in [-0.1, -0.05) is 72.8 Å². The number of carbonyl (C=O) groups is 1. The Morgan fingerprint density at radius 2 is 1.59 bits per heavy atom. The molecule has 1 amide bonds. The lowest BCUT2D eigenvalue weighted by Gasteiger charge is -2.20. The fourth-order valence-electron chi connectivity index (χ4n) is 2.91. The number of rotatable bonds is 9. The second kappa shape index (κ2) is 10.8. The van der Waals surface area contributed by atoms with Gasteiger partial charge in [0.1, 0.15) is 12.4 Å². The van der Waals surface area contributed by atoms with Crippen molar-refractivity contribution in [1.29, 1.82) is 0 Å². The highest BCUT2D eigenvalue weighted by Gasteiger charge is 2.10. The van der Waals surface area contributed by atoms with Crippen molar-refractivity contribution in [1.82, 2.24) is 4.90 Å². The molecule has 4 nitrogen and oxygen atoms in total. The molecule has 3 rings (SSSR count). The van der Waals surface area contributed by atoms with Crippen LogP contribution in [-0.2, 0) is 17.9 Å². The van der Waals surface area contributed by atoms with Crippen LogP contribution in [0.1, 0.15) is 16.7 Å². The number of hydrogen-bond acceptors (Lipinski definition) is 3. The fraction of sp³-hybridized carbons (Fsp3) is 0.160. The van der Waals surface area contributed by atoms with Gasteiger partial charge in [0, 0.05) is 19.2 Å². The number of aliphatic hydroxyl groups is 1. The summed E-state index contributed by atoms with van der Waals surface area (Å²) in [5.41, 5.74) is 3.01. The molecular formula is C25H25NO3. The van der Waals surface area contributed by atoms with Gasteiger partial charge in [-0.25, -0.2) is 0 Å². The van der Waals surface area contributed by atoms with Gasteiger partial charge in [0.05, 0.1) is 6.61 Å².